The summed E-state index contributed by atoms with van der Waals surface area (Å²) in [4.78, 5) is 20.0. The highest BCUT2D eigenvalue weighted by Gasteiger charge is 2.30. The van der Waals surface area contributed by atoms with Gasteiger partial charge in [0.05, 0.1) is 0 Å². The quantitative estimate of drug-likeness (QED) is 0.360. The first-order valence-corrected chi connectivity index (χ1v) is 3.83. The van der Waals surface area contributed by atoms with Crippen LogP contribution >= 0.6 is 0 Å². The second-order valence-electron chi connectivity index (χ2n) is 2.82. The summed E-state index contributed by atoms with van der Waals surface area (Å²) in [5.74, 6) is 1.83. The van der Waals surface area contributed by atoms with Crippen LogP contribution in [0.3, 0.4) is 0 Å². The second kappa shape index (κ2) is 3.93. The number of amides is 1. The van der Waals surface area contributed by atoms with Gasteiger partial charge < -0.3 is 4.74 Å². The summed E-state index contributed by atoms with van der Waals surface area (Å²) in [5, 5.41) is 2.01. The summed E-state index contributed by atoms with van der Waals surface area (Å²) in [6.07, 6.45) is 3.58. The van der Waals surface area contributed by atoms with Crippen LogP contribution in [-0.4, -0.2) is 18.5 Å². The van der Waals surface area contributed by atoms with E-state index < -0.39 is 0 Å². The Kier molecular flexibility index (Phi) is 2.88. The molecule has 1 saturated carbocycles. The highest BCUT2D eigenvalue weighted by atomic mass is 16.5. The third kappa shape index (κ3) is 2.40. The van der Waals surface area contributed by atoms with E-state index in [0.29, 0.717) is 5.92 Å². The lowest BCUT2D eigenvalue weighted by molar-refractivity contribution is 0.107. The molecule has 1 atom stereocenters. The van der Waals surface area contributed by atoms with E-state index in [4.69, 9.17) is 4.74 Å². The molecule has 1 fully saturated rings. The average molecular weight is 168 g/mol. The van der Waals surface area contributed by atoms with Gasteiger partial charge >= 0.3 is 6.41 Å². The summed E-state index contributed by atoms with van der Waals surface area (Å²) < 4.78 is 5.08. The SMILES string of the molecule is CC(OC(=C=O)N[C]=O)C1CC1. The Hall–Kier alpha value is -1.28. The van der Waals surface area contributed by atoms with Crippen LogP contribution in [0.25, 0.3) is 0 Å². The first-order chi connectivity index (χ1) is 5.77. The van der Waals surface area contributed by atoms with Gasteiger partial charge in [0.15, 0.2) is 5.94 Å². The predicted molar refractivity (Wildman–Crippen MR) is 41.3 cm³/mol. The molecule has 4 nitrogen and oxygen atoms in total. The predicted octanol–water partition coefficient (Wildman–Crippen LogP) is 0.131. The van der Waals surface area contributed by atoms with Crippen LogP contribution in [0.4, 0.5) is 0 Å². The average Bonchev–Trinajstić information content (AvgIpc) is 2.85. The van der Waals surface area contributed by atoms with Crippen LogP contribution in [0, 0.1) is 5.92 Å². The van der Waals surface area contributed by atoms with Gasteiger partial charge in [0.25, 0.3) is 5.88 Å². The minimum absolute atomic E-state index is 0.0256. The molecule has 0 saturated heterocycles. The summed E-state index contributed by atoms with van der Waals surface area (Å²) in [6, 6.07) is 0. The monoisotopic (exact) mass is 168 g/mol. The van der Waals surface area contributed by atoms with Crippen molar-refractivity contribution in [3.8, 4) is 0 Å². The molecule has 65 valence electrons. The fraction of sp³-hybridized carbons (Fsp3) is 0.625. The number of hydrogen-bond acceptors (Lipinski definition) is 3. The molecule has 1 aliphatic rings. The van der Waals surface area contributed by atoms with E-state index in [1.165, 1.54) is 12.4 Å². The van der Waals surface area contributed by atoms with Crippen molar-refractivity contribution in [3.05, 3.63) is 5.88 Å². The Labute approximate surface area is 70.6 Å². The molecule has 1 aliphatic carbocycles. The highest BCUT2D eigenvalue weighted by Crippen LogP contribution is 2.34. The summed E-state index contributed by atoms with van der Waals surface area (Å²) >= 11 is 0. The Morgan fingerprint density at radius 1 is 1.58 bits per heavy atom. The van der Waals surface area contributed by atoms with Gasteiger partial charge in [-0.2, -0.15) is 0 Å². The van der Waals surface area contributed by atoms with E-state index in [9.17, 15) is 9.59 Å². The van der Waals surface area contributed by atoms with E-state index in [-0.39, 0.29) is 12.0 Å². The fourth-order valence-electron chi connectivity index (χ4n) is 0.973. The zero-order valence-corrected chi connectivity index (χ0v) is 6.79. The molecule has 1 N–H and O–H groups in total. The molecule has 0 aliphatic heterocycles. The van der Waals surface area contributed by atoms with Gasteiger partial charge in [-0.3, -0.25) is 10.1 Å². The molecule has 0 aromatic carbocycles. The Morgan fingerprint density at radius 3 is 2.67 bits per heavy atom. The lowest BCUT2D eigenvalue weighted by Gasteiger charge is -2.12. The van der Waals surface area contributed by atoms with E-state index in [1.807, 2.05) is 12.2 Å². The second-order valence-corrected chi connectivity index (χ2v) is 2.82. The fourth-order valence-corrected chi connectivity index (χ4v) is 0.973. The summed E-state index contributed by atoms with van der Waals surface area (Å²) in [6.45, 7) is 1.86. The van der Waals surface area contributed by atoms with E-state index in [2.05, 4.69) is 0 Å². The van der Waals surface area contributed by atoms with Crippen molar-refractivity contribution in [1.82, 2.24) is 5.32 Å². The van der Waals surface area contributed by atoms with Crippen LogP contribution in [0.1, 0.15) is 19.8 Å². The van der Waals surface area contributed by atoms with Crippen molar-refractivity contribution in [2.45, 2.75) is 25.9 Å². The standard InChI is InChI=1S/C8H10NO3/c1-6(7-2-3-7)12-8(4-10)9-5-11/h6-7H,2-3H2,1H3,(H,9,11). The third-order valence-corrected chi connectivity index (χ3v) is 1.85. The molecule has 1 unspecified atom stereocenters. The molecule has 0 heterocycles. The molecular formula is C8H10NO3. The van der Waals surface area contributed by atoms with Gasteiger partial charge in [0, 0.05) is 0 Å². The van der Waals surface area contributed by atoms with Crippen molar-refractivity contribution in [1.29, 1.82) is 0 Å². The van der Waals surface area contributed by atoms with Gasteiger partial charge in [0.1, 0.15) is 6.10 Å². The Bertz CT molecular complexity index is 216. The highest BCUT2D eigenvalue weighted by molar-refractivity contribution is 5.59. The molecule has 0 spiro atoms. The van der Waals surface area contributed by atoms with Gasteiger partial charge in [-0.25, -0.2) is 4.79 Å². The summed E-state index contributed by atoms with van der Waals surface area (Å²) in [7, 11) is 0. The molecule has 1 radical (unpaired) electrons. The molecule has 12 heavy (non-hydrogen) atoms. The molecule has 4 heteroatoms. The van der Waals surface area contributed by atoms with E-state index in [0.717, 1.165) is 12.8 Å². The number of nitrogens with one attached hydrogen (secondary N) is 1. The zero-order chi connectivity index (χ0) is 8.97. The normalized spacial score (nSPS) is 17.4. The maximum atomic E-state index is 10.1. The van der Waals surface area contributed by atoms with E-state index in [1.54, 1.807) is 0 Å². The van der Waals surface area contributed by atoms with Crippen LogP contribution in [0.15, 0.2) is 5.88 Å². The zero-order valence-electron chi connectivity index (χ0n) is 6.79. The molecule has 0 aromatic rings. The van der Waals surface area contributed by atoms with Crippen molar-refractivity contribution in [2.75, 3.05) is 0 Å². The van der Waals surface area contributed by atoms with Crippen LogP contribution in [0.2, 0.25) is 0 Å². The van der Waals surface area contributed by atoms with Crippen molar-refractivity contribution in [2.24, 2.45) is 5.92 Å². The van der Waals surface area contributed by atoms with Crippen molar-refractivity contribution >= 4 is 12.4 Å². The van der Waals surface area contributed by atoms with Crippen molar-refractivity contribution < 1.29 is 14.3 Å². The summed E-state index contributed by atoms with van der Waals surface area (Å²) in [5.41, 5.74) is 0. The molecule has 1 amide bonds. The number of ether oxygens (including phenoxy) is 1. The minimum Gasteiger partial charge on any atom is -0.468 e. The minimum atomic E-state index is -0.176. The number of hydrogen-bond donors (Lipinski definition) is 1. The van der Waals surface area contributed by atoms with Crippen molar-refractivity contribution in [3.63, 3.8) is 0 Å². The number of rotatable bonds is 5. The van der Waals surface area contributed by atoms with Crippen LogP contribution < -0.4 is 5.32 Å². The van der Waals surface area contributed by atoms with E-state index >= 15 is 0 Å². The smallest absolute Gasteiger partial charge is 0.317 e. The van der Waals surface area contributed by atoms with Crippen LogP contribution in [-0.2, 0) is 14.3 Å². The largest absolute Gasteiger partial charge is 0.468 e. The first kappa shape index (κ1) is 8.81. The van der Waals surface area contributed by atoms with Gasteiger partial charge in [0.2, 0.25) is 0 Å². The molecule has 0 aromatic heterocycles. The molecule has 0 bridgehead atoms. The van der Waals surface area contributed by atoms with Gasteiger partial charge in [-0.15, -0.1) is 0 Å². The molecule has 1 rings (SSSR count). The van der Waals surface area contributed by atoms with Gasteiger partial charge in [-0.1, -0.05) is 0 Å². The maximum absolute atomic E-state index is 10.1. The lowest BCUT2D eigenvalue weighted by Crippen LogP contribution is -2.20. The topological polar surface area (TPSA) is 55.4 Å². The maximum Gasteiger partial charge on any atom is 0.317 e. The number of carbonyl (C=O) groups excluding carboxylic acids is 2. The van der Waals surface area contributed by atoms with Crippen LogP contribution in [0.5, 0.6) is 0 Å². The van der Waals surface area contributed by atoms with Gasteiger partial charge in [-0.05, 0) is 25.7 Å². The first-order valence-electron chi connectivity index (χ1n) is 3.83. The third-order valence-electron chi connectivity index (χ3n) is 1.85. The molecular weight excluding hydrogens is 158 g/mol. The lowest BCUT2D eigenvalue weighted by atomic mass is 10.3. The Morgan fingerprint density at radius 2 is 2.25 bits per heavy atom. The Balaban J connectivity index is 2.35.